The Bertz CT molecular complexity index is 942. The van der Waals surface area contributed by atoms with Gasteiger partial charge < -0.3 is 9.84 Å². The van der Waals surface area contributed by atoms with Crippen LogP contribution in [0.25, 0.3) is 6.08 Å². The number of allylic oxidation sites excluding steroid dienone is 3. The van der Waals surface area contributed by atoms with Crippen LogP contribution in [0, 0.1) is 22.7 Å². The van der Waals surface area contributed by atoms with Crippen LogP contribution in [0.5, 0.6) is 0 Å². The molecular formula is C29H38O4. The highest BCUT2D eigenvalue weighted by Gasteiger charge is 2.52. The van der Waals surface area contributed by atoms with Crippen molar-refractivity contribution in [3.05, 3.63) is 65.3 Å². The number of ether oxygens (including phenoxy) is 1. The normalized spacial score (nSPS) is 29.9. The molecule has 2 aliphatic rings. The third-order valence-electron chi connectivity index (χ3n) is 8.20. The van der Waals surface area contributed by atoms with Crippen molar-refractivity contribution in [3.63, 3.8) is 0 Å². The summed E-state index contributed by atoms with van der Waals surface area (Å²) in [5, 5.41) is 9.95. The fraction of sp³-hybridized carbons (Fsp3) is 0.517. The lowest BCUT2D eigenvalue weighted by atomic mass is 9.51. The third-order valence-corrected chi connectivity index (χ3v) is 8.20. The minimum atomic E-state index is -0.658. The Hall–Kier alpha value is -2.62. The van der Waals surface area contributed by atoms with Gasteiger partial charge in [-0.3, -0.25) is 4.79 Å². The van der Waals surface area contributed by atoms with Gasteiger partial charge in [0.2, 0.25) is 0 Å². The van der Waals surface area contributed by atoms with E-state index < -0.39 is 11.4 Å². The lowest BCUT2D eigenvalue weighted by Crippen LogP contribution is -2.47. The summed E-state index contributed by atoms with van der Waals surface area (Å²) in [6, 6.07) is 9.67. The van der Waals surface area contributed by atoms with E-state index in [9.17, 15) is 14.7 Å². The molecule has 178 valence electrons. The van der Waals surface area contributed by atoms with Crippen LogP contribution in [-0.4, -0.2) is 23.7 Å². The van der Waals surface area contributed by atoms with E-state index in [0.29, 0.717) is 5.92 Å². The predicted molar refractivity (Wildman–Crippen MR) is 132 cm³/mol. The Balaban J connectivity index is 1.57. The van der Waals surface area contributed by atoms with Crippen molar-refractivity contribution < 1.29 is 19.4 Å². The zero-order valence-electron chi connectivity index (χ0n) is 20.5. The molecule has 1 fully saturated rings. The molecule has 3 rings (SSSR count). The second kappa shape index (κ2) is 10.5. The van der Waals surface area contributed by atoms with E-state index in [0.717, 1.165) is 44.1 Å². The van der Waals surface area contributed by atoms with E-state index in [1.165, 1.54) is 17.2 Å². The van der Waals surface area contributed by atoms with E-state index >= 15 is 0 Å². The summed E-state index contributed by atoms with van der Waals surface area (Å²) in [5.74, 6) is -0.357. The zero-order valence-corrected chi connectivity index (χ0v) is 20.5. The van der Waals surface area contributed by atoms with Crippen LogP contribution >= 0.6 is 0 Å². The monoisotopic (exact) mass is 450 g/mol. The lowest BCUT2D eigenvalue weighted by molar-refractivity contribution is -0.152. The average molecular weight is 451 g/mol. The fourth-order valence-electron chi connectivity index (χ4n) is 5.56. The molecule has 0 saturated heterocycles. The van der Waals surface area contributed by atoms with Crippen LogP contribution in [0.3, 0.4) is 0 Å². The molecule has 4 atom stereocenters. The smallest absolute Gasteiger partial charge is 0.331 e. The van der Waals surface area contributed by atoms with Gasteiger partial charge in [-0.05, 0) is 87.3 Å². The van der Waals surface area contributed by atoms with Gasteiger partial charge in [-0.25, -0.2) is 4.79 Å². The van der Waals surface area contributed by atoms with E-state index in [1.807, 2.05) is 43.3 Å². The van der Waals surface area contributed by atoms with Crippen LogP contribution < -0.4 is 0 Å². The van der Waals surface area contributed by atoms with Crippen molar-refractivity contribution in [2.45, 2.75) is 66.2 Å². The van der Waals surface area contributed by atoms with Gasteiger partial charge in [-0.15, -0.1) is 0 Å². The first-order valence-corrected chi connectivity index (χ1v) is 12.2. The average Bonchev–Trinajstić information content (AvgIpc) is 2.80. The maximum absolute atomic E-state index is 12.1. The van der Waals surface area contributed by atoms with Crippen LogP contribution in [-0.2, 0) is 14.3 Å². The van der Waals surface area contributed by atoms with E-state index in [1.54, 1.807) is 6.08 Å². The van der Waals surface area contributed by atoms with Crippen molar-refractivity contribution in [1.82, 2.24) is 0 Å². The molecule has 0 unspecified atom stereocenters. The highest BCUT2D eigenvalue weighted by Crippen LogP contribution is 2.58. The summed E-state index contributed by atoms with van der Waals surface area (Å²) in [4.78, 5) is 24.1. The van der Waals surface area contributed by atoms with Gasteiger partial charge >= 0.3 is 11.9 Å². The van der Waals surface area contributed by atoms with Gasteiger partial charge in [0.05, 0.1) is 5.41 Å². The summed E-state index contributed by atoms with van der Waals surface area (Å²) in [6.45, 7) is 8.92. The Labute approximate surface area is 198 Å². The van der Waals surface area contributed by atoms with Crippen molar-refractivity contribution in [2.75, 3.05) is 6.61 Å². The van der Waals surface area contributed by atoms with Crippen molar-refractivity contribution in [3.8, 4) is 0 Å². The predicted octanol–water partition coefficient (Wildman–Crippen LogP) is 6.83. The fourth-order valence-corrected chi connectivity index (χ4v) is 5.56. The largest absolute Gasteiger partial charge is 0.481 e. The molecule has 1 aromatic rings. The third kappa shape index (κ3) is 5.66. The maximum atomic E-state index is 12.1. The number of carbonyl (C=O) groups excluding carboxylic acids is 1. The molecule has 4 heteroatoms. The molecule has 33 heavy (non-hydrogen) atoms. The minimum absolute atomic E-state index is 0.00421. The number of hydrogen-bond acceptors (Lipinski definition) is 3. The van der Waals surface area contributed by atoms with E-state index in [-0.39, 0.29) is 23.9 Å². The van der Waals surface area contributed by atoms with Crippen LogP contribution in [0.1, 0.15) is 71.8 Å². The van der Waals surface area contributed by atoms with E-state index in [4.69, 9.17) is 4.74 Å². The molecule has 1 aromatic carbocycles. The Morgan fingerprint density at radius 3 is 2.61 bits per heavy atom. The molecular weight excluding hydrogens is 412 g/mol. The van der Waals surface area contributed by atoms with Crippen molar-refractivity contribution >= 4 is 18.0 Å². The lowest BCUT2D eigenvalue weighted by Gasteiger charge is -2.52. The summed E-state index contributed by atoms with van der Waals surface area (Å²) < 4.78 is 5.33. The van der Waals surface area contributed by atoms with Crippen LogP contribution in [0.4, 0.5) is 0 Å². The number of aliphatic carboxylic acids is 1. The topological polar surface area (TPSA) is 63.6 Å². The molecule has 4 nitrogen and oxygen atoms in total. The van der Waals surface area contributed by atoms with Crippen molar-refractivity contribution in [1.29, 1.82) is 0 Å². The first-order valence-electron chi connectivity index (χ1n) is 12.2. The molecule has 0 aromatic heterocycles. The number of hydrogen-bond donors (Lipinski definition) is 1. The summed E-state index contributed by atoms with van der Waals surface area (Å²) in [6.07, 6.45) is 13.0. The van der Waals surface area contributed by atoms with Gasteiger partial charge in [0, 0.05) is 6.08 Å². The second-order valence-corrected chi connectivity index (χ2v) is 10.3. The number of rotatable bonds is 8. The first kappa shape index (κ1) is 25.0. The van der Waals surface area contributed by atoms with Crippen LogP contribution in [0.15, 0.2) is 59.7 Å². The van der Waals surface area contributed by atoms with Crippen molar-refractivity contribution in [2.24, 2.45) is 22.7 Å². The SMILES string of the molecule is CC(=CCOC(=O)C=Cc1ccccc1)CC[C@]1(C)C2=CCC[C@@](C)(C(=O)O)[C@H]2CC[C@H]1C. The summed E-state index contributed by atoms with van der Waals surface area (Å²) in [7, 11) is 0. The zero-order chi connectivity index (χ0) is 24.1. The Kier molecular flexibility index (Phi) is 7.99. The highest BCUT2D eigenvalue weighted by atomic mass is 16.5. The molecule has 1 N–H and O–H groups in total. The highest BCUT2D eigenvalue weighted by molar-refractivity contribution is 5.87. The molecule has 0 aliphatic heterocycles. The molecule has 2 aliphatic carbocycles. The van der Waals surface area contributed by atoms with E-state index in [2.05, 4.69) is 26.8 Å². The molecule has 0 heterocycles. The number of fused-ring (bicyclic) bond motifs is 1. The van der Waals surface area contributed by atoms with Gasteiger partial charge in [0.15, 0.2) is 0 Å². The van der Waals surface area contributed by atoms with Gasteiger partial charge in [-0.2, -0.15) is 0 Å². The molecule has 0 radical (unpaired) electrons. The van der Waals surface area contributed by atoms with Gasteiger partial charge in [0.1, 0.15) is 6.61 Å². The Morgan fingerprint density at radius 1 is 1.18 bits per heavy atom. The number of esters is 1. The second-order valence-electron chi connectivity index (χ2n) is 10.3. The maximum Gasteiger partial charge on any atom is 0.331 e. The standard InChI is InChI=1S/C29H38O4/c1-21(17-20-33-26(30)15-13-23-9-6-5-7-10-23)16-19-28(3)22(2)12-14-25-24(28)11-8-18-29(25,4)27(31)32/h5-7,9-11,13,15,17,22,25H,8,12,14,16,18-20H2,1-4H3,(H,31,32)/t22-,25+,28+,29-/m1/s1. The number of carboxylic acids is 1. The first-order chi connectivity index (χ1) is 15.7. The molecule has 0 amide bonds. The molecule has 0 bridgehead atoms. The van der Waals surface area contributed by atoms with Gasteiger partial charge in [0.25, 0.3) is 0 Å². The Morgan fingerprint density at radius 2 is 1.91 bits per heavy atom. The summed E-state index contributed by atoms with van der Waals surface area (Å²) in [5.41, 5.74) is 2.87. The quantitative estimate of drug-likeness (QED) is 0.268. The summed E-state index contributed by atoms with van der Waals surface area (Å²) >= 11 is 0. The van der Waals surface area contributed by atoms with Crippen LogP contribution in [0.2, 0.25) is 0 Å². The number of carboxylic acid groups (broad SMARTS) is 1. The number of carbonyl (C=O) groups is 2. The number of benzene rings is 1. The minimum Gasteiger partial charge on any atom is -0.481 e. The molecule has 1 saturated carbocycles. The van der Waals surface area contributed by atoms with Gasteiger partial charge in [-0.1, -0.05) is 61.4 Å². The molecule has 0 spiro atoms.